The van der Waals surface area contributed by atoms with Crippen molar-refractivity contribution in [1.29, 1.82) is 0 Å². The van der Waals surface area contributed by atoms with Crippen molar-refractivity contribution in [3.05, 3.63) is 29.1 Å². The van der Waals surface area contributed by atoms with E-state index in [1.165, 1.54) is 0 Å². The SMILES string of the molecule is Fc1cc2c(cc1CC1CCNCC1)OCOC2. The molecular formula is C14H18FNO2. The van der Waals surface area contributed by atoms with Crippen molar-refractivity contribution in [2.45, 2.75) is 25.9 Å². The van der Waals surface area contributed by atoms with E-state index < -0.39 is 0 Å². The molecule has 2 heterocycles. The van der Waals surface area contributed by atoms with Gasteiger partial charge in [-0.3, -0.25) is 0 Å². The molecule has 1 aromatic rings. The van der Waals surface area contributed by atoms with E-state index in [1.807, 2.05) is 6.07 Å². The molecule has 0 amide bonds. The first kappa shape index (κ1) is 11.9. The Kier molecular flexibility index (Phi) is 3.48. The molecule has 98 valence electrons. The average molecular weight is 251 g/mol. The second-order valence-electron chi connectivity index (χ2n) is 5.06. The van der Waals surface area contributed by atoms with Crippen LogP contribution in [0.25, 0.3) is 0 Å². The summed E-state index contributed by atoms with van der Waals surface area (Å²) >= 11 is 0. The van der Waals surface area contributed by atoms with E-state index in [4.69, 9.17) is 9.47 Å². The molecular weight excluding hydrogens is 233 g/mol. The number of benzene rings is 1. The highest BCUT2D eigenvalue weighted by molar-refractivity contribution is 5.39. The maximum absolute atomic E-state index is 14.0. The molecule has 2 aliphatic rings. The number of ether oxygens (including phenoxy) is 2. The third-order valence-electron chi connectivity index (χ3n) is 3.75. The van der Waals surface area contributed by atoms with Crippen LogP contribution in [0, 0.1) is 11.7 Å². The molecule has 0 saturated carbocycles. The average Bonchev–Trinajstić information content (AvgIpc) is 2.41. The molecule has 0 aromatic heterocycles. The van der Waals surface area contributed by atoms with Gasteiger partial charge >= 0.3 is 0 Å². The van der Waals surface area contributed by atoms with Gasteiger partial charge in [0.25, 0.3) is 0 Å². The van der Waals surface area contributed by atoms with Crippen molar-refractivity contribution in [3.8, 4) is 5.75 Å². The third-order valence-corrected chi connectivity index (χ3v) is 3.75. The second-order valence-corrected chi connectivity index (χ2v) is 5.06. The first-order valence-electron chi connectivity index (χ1n) is 6.55. The molecule has 1 N–H and O–H groups in total. The fraction of sp³-hybridized carbons (Fsp3) is 0.571. The number of rotatable bonds is 2. The lowest BCUT2D eigenvalue weighted by Gasteiger charge is -2.24. The number of fused-ring (bicyclic) bond motifs is 1. The zero-order valence-corrected chi connectivity index (χ0v) is 10.4. The number of piperidine rings is 1. The van der Waals surface area contributed by atoms with Crippen LogP contribution in [0.1, 0.15) is 24.0 Å². The molecule has 2 aliphatic heterocycles. The number of hydrogen-bond acceptors (Lipinski definition) is 3. The highest BCUT2D eigenvalue weighted by atomic mass is 19.1. The molecule has 0 spiro atoms. The van der Waals surface area contributed by atoms with Gasteiger partial charge in [-0.1, -0.05) is 0 Å². The first-order valence-corrected chi connectivity index (χ1v) is 6.55. The van der Waals surface area contributed by atoms with E-state index in [0.29, 0.717) is 12.5 Å². The topological polar surface area (TPSA) is 30.5 Å². The number of halogens is 1. The van der Waals surface area contributed by atoms with E-state index in [1.54, 1.807) is 6.07 Å². The van der Waals surface area contributed by atoms with Crippen LogP contribution in [0.4, 0.5) is 4.39 Å². The quantitative estimate of drug-likeness (QED) is 0.874. The Hall–Kier alpha value is -1.13. The summed E-state index contributed by atoms with van der Waals surface area (Å²) in [6.45, 7) is 2.80. The summed E-state index contributed by atoms with van der Waals surface area (Å²) in [6, 6.07) is 3.42. The van der Waals surface area contributed by atoms with Crippen LogP contribution in [0.5, 0.6) is 5.75 Å². The Bertz CT molecular complexity index is 430. The van der Waals surface area contributed by atoms with Crippen molar-refractivity contribution in [3.63, 3.8) is 0 Å². The van der Waals surface area contributed by atoms with Gasteiger partial charge in [-0.25, -0.2) is 4.39 Å². The van der Waals surface area contributed by atoms with Gasteiger partial charge in [0, 0.05) is 5.56 Å². The zero-order valence-electron chi connectivity index (χ0n) is 10.4. The Labute approximate surface area is 106 Å². The Morgan fingerprint density at radius 1 is 1.28 bits per heavy atom. The minimum absolute atomic E-state index is 0.124. The van der Waals surface area contributed by atoms with E-state index in [-0.39, 0.29) is 12.6 Å². The van der Waals surface area contributed by atoms with E-state index in [9.17, 15) is 4.39 Å². The summed E-state index contributed by atoms with van der Waals surface area (Å²) in [5.74, 6) is 1.24. The van der Waals surface area contributed by atoms with Crippen LogP contribution in [-0.2, 0) is 17.8 Å². The molecule has 1 aromatic carbocycles. The minimum atomic E-state index is -0.124. The Morgan fingerprint density at radius 2 is 2.11 bits per heavy atom. The number of nitrogens with one attached hydrogen (secondary N) is 1. The highest BCUT2D eigenvalue weighted by Gasteiger charge is 2.19. The maximum atomic E-state index is 14.0. The molecule has 1 saturated heterocycles. The first-order chi connectivity index (χ1) is 8.83. The lowest BCUT2D eigenvalue weighted by molar-refractivity contribution is -0.0166. The zero-order chi connectivity index (χ0) is 12.4. The lowest BCUT2D eigenvalue weighted by atomic mass is 9.90. The maximum Gasteiger partial charge on any atom is 0.189 e. The van der Waals surface area contributed by atoms with Gasteiger partial charge in [0.05, 0.1) is 6.61 Å². The van der Waals surface area contributed by atoms with Gasteiger partial charge in [0.2, 0.25) is 0 Å². The molecule has 0 aliphatic carbocycles. The molecule has 0 bridgehead atoms. The van der Waals surface area contributed by atoms with Gasteiger partial charge < -0.3 is 14.8 Å². The Morgan fingerprint density at radius 3 is 2.94 bits per heavy atom. The molecule has 4 heteroatoms. The van der Waals surface area contributed by atoms with E-state index in [0.717, 1.165) is 49.2 Å². The summed E-state index contributed by atoms with van der Waals surface area (Å²) in [5.41, 5.74) is 1.59. The lowest BCUT2D eigenvalue weighted by Crippen LogP contribution is -2.28. The number of hydrogen-bond donors (Lipinski definition) is 1. The molecule has 3 nitrogen and oxygen atoms in total. The monoisotopic (exact) mass is 251 g/mol. The fourth-order valence-electron chi connectivity index (χ4n) is 2.69. The molecule has 0 radical (unpaired) electrons. The summed E-state index contributed by atoms with van der Waals surface area (Å²) in [5, 5.41) is 3.33. The minimum Gasteiger partial charge on any atom is -0.467 e. The van der Waals surface area contributed by atoms with Crippen LogP contribution in [0.15, 0.2) is 12.1 Å². The van der Waals surface area contributed by atoms with Gasteiger partial charge in [0.1, 0.15) is 11.6 Å². The normalized spacial score (nSPS) is 20.3. The summed E-state index contributed by atoms with van der Waals surface area (Å²) in [4.78, 5) is 0. The van der Waals surface area contributed by atoms with Crippen LogP contribution in [-0.4, -0.2) is 19.9 Å². The van der Waals surface area contributed by atoms with Crippen LogP contribution in [0.3, 0.4) is 0 Å². The van der Waals surface area contributed by atoms with Gasteiger partial charge in [-0.2, -0.15) is 0 Å². The summed E-state index contributed by atoms with van der Waals surface area (Å²) in [7, 11) is 0. The van der Waals surface area contributed by atoms with Crippen molar-refractivity contribution in [2.75, 3.05) is 19.9 Å². The van der Waals surface area contributed by atoms with Crippen LogP contribution >= 0.6 is 0 Å². The summed E-state index contributed by atoms with van der Waals surface area (Å²) in [6.07, 6.45) is 3.06. The predicted octanol–water partition coefficient (Wildman–Crippen LogP) is 2.23. The molecule has 3 rings (SSSR count). The molecule has 1 fully saturated rings. The fourth-order valence-corrected chi connectivity index (χ4v) is 2.69. The smallest absolute Gasteiger partial charge is 0.189 e. The van der Waals surface area contributed by atoms with Crippen molar-refractivity contribution < 1.29 is 13.9 Å². The Balaban J connectivity index is 1.78. The van der Waals surface area contributed by atoms with Gasteiger partial charge in [-0.05, 0) is 56.0 Å². The third kappa shape index (κ3) is 2.49. The van der Waals surface area contributed by atoms with Crippen molar-refractivity contribution >= 4 is 0 Å². The van der Waals surface area contributed by atoms with Gasteiger partial charge in [0.15, 0.2) is 6.79 Å². The molecule has 0 atom stereocenters. The second kappa shape index (κ2) is 5.24. The highest BCUT2D eigenvalue weighted by Crippen LogP contribution is 2.29. The van der Waals surface area contributed by atoms with Crippen molar-refractivity contribution in [1.82, 2.24) is 5.32 Å². The van der Waals surface area contributed by atoms with Gasteiger partial charge in [-0.15, -0.1) is 0 Å². The molecule has 18 heavy (non-hydrogen) atoms. The molecule has 0 unspecified atom stereocenters. The summed E-state index contributed by atoms with van der Waals surface area (Å²) < 4.78 is 24.6. The van der Waals surface area contributed by atoms with Crippen molar-refractivity contribution in [2.24, 2.45) is 5.92 Å². The van der Waals surface area contributed by atoms with E-state index in [2.05, 4.69) is 5.32 Å². The standard InChI is InChI=1S/C14H18FNO2/c15-13-6-12-8-17-9-18-14(12)7-11(13)5-10-1-3-16-4-2-10/h6-7,10,16H,1-5,8-9H2. The predicted molar refractivity (Wildman–Crippen MR) is 66.0 cm³/mol. The largest absolute Gasteiger partial charge is 0.467 e. The van der Waals surface area contributed by atoms with Crippen LogP contribution < -0.4 is 10.1 Å². The van der Waals surface area contributed by atoms with E-state index >= 15 is 0 Å². The van der Waals surface area contributed by atoms with Crippen LogP contribution in [0.2, 0.25) is 0 Å².